The molecule has 0 spiro atoms. The summed E-state index contributed by atoms with van der Waals surface area (Å²) in [6, 6.07) is 5.69. The highest BCUT2D eigenvalue weighted by Crippen LogP contribution is 2.15. The molecular weight excluding hydrogens is 336 g/mol. The van der Waals surface area contributed by atoms with E-state index in [1.807, 2.05) is 0 Å². The Morgan fingerprint density at radius 3 is 2.04 bits per heavy atom. The minimum absolute atomic E-state index is 0.127. The first kappa shape index (κ1) is 21.3. The highest BCUT2D eigenvalue weighted by molar-refractivity contribution is 5.92. The zero-order valence-electron chi connectivity index (χ0n) is 14.9. The molecule has 0 saturated heterocycles. The van der Waals surface area contributed by atoms with Crippen molar-refractivity contribution in [3.8, 4) is 0 Å². The van der Waals surface area contributed by atoms with E-state index in [0.29, 0.717) is 31.6 Å². The molecule has 1 unspecified atom stereocenters. The smallest absolute Gasteiger partial charge is 0.338 e. The molecule has 0 bridgehead atoms. The monoisotopic (exact) mass is 362 g/mol. The molecule has 1 N–H and O–H groups in total. The van der Waals surface area contributed by atoms with Crippen molar-refractivity contribution >= 4 is 11.9 Å². The Hall–Kier alpha value is -2.76. The van der Waals surface area contributed by atoms with Crippen molar-refractivity contribution in [1.82, 2.24) is 0 Å². The van der Waals surface area contributed by atoms with Gasteiger partial charge in [0.25, 0.3) is 0 Å². The zero-order valence-corrected chi connectivity index (χ0v) is 14.9. The van der Waals surface area contributed by atoms with Gasteiger partial charge in [0.15, 0.2) is 0 Å². The fraction of sp³-hybridized carbons (Fsp3) is 0.400. The van der Waals surface area contributed by atoms with Gasteiger partial charge in [-0.2, -0.15) is 0 Å². The molecule has 26 heavy (non-hydrogen) atoms. The topological polar surface area (TPSA) is 82.1 Å². The summed E-state index contributed by atoms with van der Waals surface area (Å²) < 4.78 is 15.8. The average molecular weight is 362 g/mol. The first-order chi connectivity index (χ1) is 12.6. The number of carboxylic acids is 1. The Kier molecular flexibility index (Phi) is 10.3. The number of hydrogen-bond acceptors (Lipinski definition) is 5. The predicted octanol–water partition coefficient (Wildman–Crippen LogP) is 4.18. The van der Waals surface area contributed by atoms with Crippen LogP contribution in [0.1, 0.15) is 52.8 Å². The molecule has 1 aromatic rings. The van der Waals surface area contributed by atoms with Gasteiger partial charge in [0.05, 0.1) is 36.9 Å². The quantitative estimate of drug-likeness (QED) is 0.304. The number of hydrogen-bond donors (Lipinski definition) is 1. The number of rotatable bonds is 14. The molecule has 1 aromatic carbocycles. The number of carbonyl (C=O) groups excluding carboxylic acids is 1. The number of carbonyl (C=O) groups is 2. The maximum Gasteiger partial charge on any atom is 0.338 e. The van der Waals surface area contributed by atoms with Gasteiger partial charge in [0, 0.05) is 0 Å². The van der Waals surface area contributed by atoms with Crippen molar-refractivity contribution < 1.29 is 28.9 Å². The van der Waals surface area contributed by atoms with Crippen molar-refractivity contribution in [2.75, 3.05) is 13.2 Å². The minimum atomic E-state index is -1.04. The first-order valence-corrected chi connectivity index (χ1v) is 8.57. The van der Waals surface area contributed by atoms with Gasteiger partial charge < -0.3 is 19.3 Å². The van der Waals surface area contributed by atoms with Crippen LogP contribution in [0.3, 0.4) is 0 Å². The molecule has 0 aromatic heterocycles. The van der Waals surface area contributed by atoms with Crippen LogP contribution in [0.25, 0.3) is 0 Å². The van der Waals surface area contributed by atoms with E-state index in [1.54, 1.807) is 0 Å². The minimum Gasteiger partial charge on any atom is -0.502 e. The highest BCUT2D eigenvalue weighted by Gasteiger charge is 2.16. The van der Waals surface area contributed by atoms with Crippen molar-refractivity contribution in [3.05, 3.63) is 61.1 Å². The molecule has 0 fully saturated rings. The standard InChI is InChI=1S/C20H26O6/c1-3-24-14-6-5-8-18(9-7-15-25-4-2)26-20(23)17-12-10-16(11-13-17)19(21)22/h3-4,10-13,18H,1-2,5-9,14-15H2,(H,21,22). The molecule has 0 radical (unpaired) electrons. The second-order valence-corrected chi connectivity index (χ2v) is 5.62. The summed E-state index contributed by atoms with van der Waals surface area (Å²) in [4.78, 5) is 23.2. The molecule has 0 heterocycles. The van der Waals surface area contributed by atoms with Gasteiger partial charge in [0.1, 0.15) is 6.10 Å². The lowest BCUT2D eigenvalue weighted by Gasteiger charge is -2.18. The number of esters is 1. The van der Waals surface area contributed by atoms with E-state index in [-0.39, 0.29) is 11.7 Å². The lowest BCUT2D eigenvalue weighted by molar-refractivity contribution is 0.0234. The van der Waals surface area contributed by atoms with Crippen LogP contribution >= 0.6 is 0 Å². The molecule has 0 amide bonds. The normalized spacial score (nSPS) is 11.2. The predicted molar refractivity (Wildman–Crippen MR) is 98.0 cm³/mol. The third-order valence-electron chi connectivity index (χ3n) is 3.70. The summed E-state index contributed by atoms with van der Waals surface area (Å²) in [5.41, 5.74) is 0.458. The van der Waals surface area contributed by atoms with Gasteiger partial charge >= 0.3 is 11.9 Å². The van der Waals surface area contributed by atoms with Crippen molar-refractivity contribution in [2.24, 2.45) is 0 Å². The van der Waals surface area contributed by atoms with Gasteiger partial charge in [-0.3, -0.25) is 0 Å². The number of ether oxygens (including phenoxy) is 3. The summed E-state index contributed by atoms with van der Waals surface area (Å²) in [7, 11) is 0. The van der Waals surface area contributed by atoms with E-state index >= 15 is 0 Å². The Morgan fingerprint density at radius 2 is 1.46 bits per heavy atom. The number of benzene rings is 1. The molecule has 0 aliphatic carbocycles. The van der Waals surface area contributed by atoms with Crippen LogP contribution in [-0.4, -0.2) is 36.4 Å². The van der Waals surface area contributed by atoms with Crippen LogP contribution in [-0.2, 0) is 14.2 Å². The summed E-state index contributed by atoms with van der Waals surface area (Å²) in [5.74, 6) is -1.49. The molecule has 0 saturated carbocycles. The first-order valence-electron chi connectivity index (χ1n) is 8.57. The lowest BCUT2D eigenvalue weighted by Crippen LogP contribution is -2.19. The van der Waals surface area contributed by atoms with E-state index in [1.165, 1.54) is 36.8 Å². The van der Waals surface area contributed by atoms with Crippen molar-refractivity contribution in [2.45, 2.75) is 38.2 Å². The summed E-state index contributed by atoms with van der Waals surface area (Å²) in [6.07, 6.45) is 6.39. The molecule has 0 aliphatic heterocycles. The largest absolute Gasteiger partial charge is 0.502 e. The second kappa shape index (κ2) is 12.6. The molecular formula is C20H26O6. The summed E-state index contributed by atoms with van der Waals surface area (Å²) in [6.45, 7) is 8.08. The Morgan fingerprint density at radius 1 is 0.923 bits per heavy atom. The van der Waals surface area contributed by atoms with Crippen LogP contribution < -0.4 is 0 Å². The molecule has 1 atom stereocenters. The van der Waals surface area contributed by atoms with Crippen LogP contribution in [0.4, 0.5) is 0 Å². The van der Waals surface area contributed by atoms with Gasteiger partial charge in [-0.25, -0.2) is 9.59 Å². The van der Waals surface area contributed by atoms with E-state index in [4.69, 9.17) is 19.3 Å². The summed E-state index contributed by atoms with van der Waals surface area (Å²) in [5, 5.41) is 8.91. The number of carboxylic acid groups (broad SMARTS) is 1. The maximum atomic E-state index is 12.3. The van der Waals surface area contributed by atoms with Crippen molar-refractivity contribution in [1.29, 1.82) is 0 Å². The highest BCUT2D eigenvalue weighted by atomic mass is 16.5. The van der Waals surface area contributed by atoms with Gasteiger partial charge in [-0.05, 0) is 56.4 Å². The van der Waals surface area contributed by atoms with Crippen LogP contribution in [0, 0.1) is 0 Å². The third-order valence-corrected chi connectivity index (χ3v) is 3.70. The van der Waals surface area contributed by atoms with E-state index in [0.717, 1.165) is 19.3 Å². The maximum absolute atomic E-state index is 12.3. The van der Waals surface area contributed by atoms with Gasteiger partial charge in [0.2, 0.25) is 0 Å². The Balaban J connectivity index is 2.56. The fourth-order valence-corrected chi connectivity index (χ4v) is 2.35. The second-order valence-electron chi connectivity index (χ2n) is 5.62. The van der Waals surface area contributed by atoms with Gasteiger partial charge in [-0.1, -0.05) is 13.2 Å². The van der Waals surface area contributed by atoms with E-state index in [2.05, 4.69) is 13.2 Å². The molecule has 6 heteroatoms. The molecule has 6 nitrogen and oxygen atoms in total. The zero-order chi connectivity index (χ0) is 19.2. The summed E-state index contributed by atoms with van der Waals surface area (Å²) >= 11 is 0. The number of aromatic carboxylic acids is 1. The SMILES string of the molecule is C=COCCCCC(CCCOC=C)OC(=O)c1ccc(C(=O)O)cc1. The van der Waals surface area contributed by atoms with Crippen LogP contribution in [0.5, 0.6) is 0 Å². The molecule has 0 aliphatic rings. The van der Waals surface area contributed by atoms with Gasteiger partial charge in [-0.15, -0.1) is 0 Å². The van der Waals surface area contributed by atoms with Crippen LogP contribution in [0.2, 0.25) is 0 Å². The molecule has 1 rings (SSSR count). The Bertz CT molecular complexity index is 578. The average Bonchev–Trinajstić information content (AvgIpc) is 2.64. The molecule has 142 valence electrons. The third kappa shape index (κ3) is 8.37. The van der Waals surface area contributed by atoms with E-state index < -0.39 is 11.9 Å². The van der Waals surface area contributed by atoms with E-state index in [9.17, 15) is 9.59 Å². The lowest BCUT2D eigenvalue weighted by atomic mass is 10.1. The fourth-order valence-electron chi connectivity index (χ4n) is 2.35. The van der Waals surface area contributed by atoms with Crippen LogP contribution in [0.15, 0.2) is 49.9 Å². The van der Waals surface area contributed by atoms with Crippen molar-refractivity contribution in [3.63, 3.8) is 0 Å². The number of unbranched alkanes of at least 4 members (excludes halogenated alkanes) is 1. The Labute approximate surface area is 154 Å².